The Morgan fingerprint density at radius 1 is 1.09 bits per heavy atom. The van der Waals surface area contributed by atoms with E-state index in [-0.39, 0.29) is 17.3 Å². The molecule has 0 saturated carbocycles. The van der Waals surface area contributed by atoms with E-state index in [2.05, 4.69) is 4.99 Å². The van der Waals surface area contributed by atoms with Crippen LogP contribution < -0.4 is 4.74 Å². The van der Waals surface area contributed by atoms with Gasteiger partial charge in [-0.3, -0.25) is 9.79 Å². The third kappa shape index (κ3) is 2.93. The number of hydrogen-bond acceptors (Lipinski definition) is 5. The molecule has 112 valence electrons. The van der Waals surface area contributed by atoms with Gasteiger partial charge in [0, 0.05) is 12.6 Å². The van der Waals surface area contributed by atoms with Gasteiger partial charge in [-0.15, -0.1) is 0 Å². The minimum atomic E-state index is -0.200. The average molecular weight is 297 g/mol. The molecule has 0 radical (unpaired) electrons. The Hall–Kier alpha value is -2.82. The Balaban J connectivity index is 1.88. The average Bonchev–Trinajstić information content (AvgIpc) is 2.70. The van der Waals surface area contributed by atoms with Gasteiger partial charge in [0.05, 0.1) is 17.9 Å². The normalized spacial score (nSPS) is 14.5. The first-order valence-corrected chi connectivity index (χ1v) is 6.99. The fourth-order valence-corrected chi connectivity index (χ4v) is 2.26. The van der Waals surface area contributed by atoms with E-state index in [1.807, 2.05) is 0 Å². The molecule has 5 nitrogen and oxygen atoms in total. The van der Waals surface area contributed by atoms with Crippen molar-refractivity contribution in [3.63, 3.8) is 0 Å². The number of aromatic hydroxyl groups is 2. The number of fused-ring (bicyclic) bond motifs is 1. The molecule has 1 aliphatic heterocycles. The van der Waals surface area contributed by atoms with Crippen LogP contribution in [0.25, 0.3) is 0 Å². The number of ketones is 1. The largest absolute Gasteiger partial charge is 0.504 e. The fraction of sp³-hybridized carbons (Fsp3) is 0.176. The van der Waals surface area contributed by atoms with Gasteiger partial charge >= 0.3 is 0 Å². The smallest absolute Gasteiger partial charge is 0.166 e. The third-order valence-electron chi connectivity index (χ3n) is 3.43. The van der Waals surface area contributed by atoms with Crippen molar-refractivity contribution in [3.8, 4) is 17.2 Å². The molecule has 0 fully saturated rings. The number of phenols is 2. The van der Waals surface area contributed by atoms with Crippen molar-refractivity contribution in [1.29, 1.82) is 0 Å². The van der Waals surface area contributed by atoms with E-state index in [1.54, 1.807) is 30.5 Å². The van der Waals surface area contributed by atoms with E-state index in [9.17, 15) is 15.0 Å². The molecule has 2 N–H and O–H groups in total. The van der Waals surface area contributed by atoms with E-state index in [1.165, 1.54) is 12.1 Å². The number of nitrogens with zero attached hydrogens (tertiary/aromatic N) is 1. The summed E-state index contributed by atoms with van der Waals surface area (Å²) in [7, 11) is 0. The zero-order valence-electron chi connectivity index (χ0n) is 11.8. The molecule has 0 amide bonds. The SMILES string of the molecule is O=C1CCCOc2ccc(N=Cc3ccc(O)c(O)c3)cc21. The van der Waals surface area contributed by atoms with Crippen molar-refractivity contribution in [2.45, 2.75) is 12.8 Å². The van der Waals surface area contributed by atoms with E-state index >= 15 is 0 Å². The van der Waals surface area contributed by atoms with Crippen LogP contribution in [0.1, 0.15) is 28.8 Å². The van der Waals surface area contributed by atoms with Crippen LogP contribution in [-0.4, -0.2) is 28.8 Å². The highest BCUT2D eigenvalue weighted by Gasteiger charge is 2.16. The molecule has 2 aromatic carbocycles. The first-order valence-electron chi connectivity index (χ1n) is 6.99. The number of benzene rings is 2. The zero-order valence-corrected chi connectivity index (χ0v) is 11.8. The highest BCUT2D eigenvalue weighted by Crippen LogP contribution is 2.29. The van der Waals surface area contributed by atoms with Gasteiger partial charge in [0.2, 0.25) is 0 Å². The zero-order chi connectivity index (χ0) is 15.5. The topological polar surface area (TPSA) is 79.1 Å². The molecule has 1 aliphatic rings. The van der Waals surface area contributed by atoms with Crippen LogP contribution in [0.5, 0.6) is 17.2 Å². The number of carbonyl (C=O) groups excluding carboxylic acids is 1. The Morgan fingerprint density at radius 3 is 2.77 bits per heavy atom. The minimum absolute atomic E-state index is 0.0619. The lowest BCUT2D eigenvalue weighted by Gasteiger charge is -2.06. The molecular formula is C17H15NO4. The second-order valence-corrected chi connectivity index (χ2v) is 5.06. The third-order valence-corrected chi connectivity index (χ3v) is 3.43. The van der Waals surface area contributed by atoms with Gasteiger partial charge in [-0.1, -0.05) is 0 Å². The molecule has 5 heteroatoms. The molecular weight excluding hydrogens is 282 g/mol. The summed E-state index contributed by atoms with van der Waals surface area (Å²) in [5.41, 5.74) is 1.83. The number of rotatable bonds is 2. The summed E-state index contributed by atoms with van der Waals surface area (Å²) in [6.45, 7) is 0.550. The molecule has 0 spiro atoms. The quantitative estimate of drug-likeness (QED) is 0.659. The number of carbonyl (C=O) groups is 1. The van der Waals surface area contributed by atoms with Crippen LogP contribution in [0.4, 0.5) is 5.69 Å². The fourth-order valence-electron chi connectivity index (χ4n) is 2.26. The highest BCUT2D eigenvalue weighted by molar-refractivity contribution is 6.00. The maximum Gasteiger partial charge on any atom is 0.166 e. The van der Waals surface area contributed by atoms with Gasteiger partial charge in [-0.2, -0.15) is 0 Å². The number of aliphatic imine (C=N–C) groups is 1. The van der Waals surface area contributed by atoms with Gasteiger partial charge in [0.15, 0.2) is 17.3 Å². The van der Waals surface area contributed by atoms with E-state index in [0.29, 0.717) is 35.6 Å². The molecule has 0 aliphatic carbocycles. The summed E-state index contributed by atoms with van der Waals surface area (Å²) in [4.78, 5) is 16.3. The van der Waals surface area contributed by atoms with Gasteiger partial charge < -0.3 is 14.9 Å². The maximum absolute atomic E-state index is 12.0. The first kappa shape index (κ1) is 14.1. The van der Waals surface area contributed by atoms with Crippen LogP contribution in [0.15, 0.2) is 41.4 Å². The lowest BCUT2D eigenvalue weighted by Crippen LogP contribution is -1.96. The molecule has 0 unspecified atom stereocenters. The summed E-state index contributed by atoms with van der Waals surface area (Å²) in [6, 6.07) is 9.67. The van der Waals surface area contributed by atoms with Gasteiger partial charge in [-0.25, -0.2) is 0 Å². The summed E-state index contributed by atoms with van der Waals surface area (Å²) < 4.78 is 5.53. The van der Waals surface area contributed by atoms with Gasteiger partial charge in [0.1, 0.15) is 5.75 Å². The molecule has 0 atom stereocenters. The van der Waals surface area contributed by atoms with E-state index < -0.39 is 0 Å². The van der Waals surface area contributed by atoms with Crippen molar-refractivity contribution < 1.29 is 19.7 Å². The monoisotopic (exact) mass is 297 g/mol. The van der Waals surface area contributed by atoms with Crippen molar-refractivity contribution in [2.24, 2.45) is 4.99 Å². The Bertz CT molecular complexity index is 752. The standard InChI is InChI=1S/C17H15NO4/c19-14-2-1-7-22-17-6-4-12(9-13(14)17)18-10-11-3-5-15(20)16(21)8-11/h3-6,8-10,20-21H,1-2,7H2. The molecule has 22 heavy (non-hydrogen) atoms. The predicted octanol–water partition coefficient (Wildman–Crippen LogP) is 3.20. The molecule has 0 bridgehead atoms. The second-order valence-electron chi connectivity index (χ2n) is 5.06. The maximum atomic E-state index is 12.0. The highest BCUT2D eigenvalue weighted by atomic mass is 16.5. The molecule has 0 aromatic heterocycles. The second kappa shape index (κ2) is 5.89. The Morgan fingerprint density at radius 2 is 1.95 bits per heavy atom. The van der Waals surface area contributed by atoms with E-state index in [4.69, 9.17) is 4.74 Å². The van der Waals surface area contributed by atoms with E-state index in [0.717, 1.165) is 6.42 Å². The number of phenolic OH excluding ortho intramolecular Hbond substituents is 2. The van der Waals surface area contributed by atoms with Crippen LogP contribution in [0.2, 0.25) is 0 Å². The molecule has 3 rings (SSSR count). The summed E-state index contributed by atoms with van der Waals surface area (Å²) in [5.74, 6) is 0.287. The lowest BCUT2D eigenvalue weighted by molar-refractivity contribution is 0.0983. The van der Waals surface area contributed by atoms with Crippen LogP contribution in [0.3, 0.4) is 0 Å². The Labute approximate surface area is 127 Å². The number of Topliss-reactive ketones (excluding diaryl/α,β-unsaturated/α-hetero) is 1. The summed E-state index contributed by atoms with van der Waals surface area (Å²) in [5, 5.41) is 18.7. The summed E-state index contributed by atoms with van der Waals surface area (Å²) in [6.07, 6.45) is 2.76. The van der Waals surface area contributed by atoms with Gasteiger partial charge in [0.25, 0.3) is 0 Å². The number of ether oxygens (including phenoxy) is 1. The van der Waals surface area contributed by atoms with Crippen molar-refractivity contribution in [3.05, 3.63) is 47.5 Å². The van der Waals surface area contributed by atoms with Crippen LogP contribution in [0, 0.1) is 0 Å². The lowest BCUT2D eigenvalue weighted by atomic mass is 10.1. The molecule has 2 aromatic rings. The molecule has 0 saturated heterocycles. The van der Waals surface area contributed by atoms with Crippen molar-refractivity contribution in [1.82, 2.24) is 0 Å². The molecule has 1 heterocycles. The predicted molar refractivity (Wildman–Crippen MR) is 82.5 cm³/mol. The van der Waals surface area contributed by atoms with Crippen LogP contribution in [-0.2, 0) is 0 Å². The minimum Gasteiger partial charge on any atom is -0.504 e. The first-order chi connectivity index (χ1) is 10.6. The van der Waals surface area contributed by atoms with Gasteiger partial charge in [-0.05, 0) is 48.4 Å². The van der Waals surface area contributed by atoms with Crippen molar-refractivity contribution in [2.75, 3.05) is 6.61 Å². The number of hydrogen-bond donors (Lipinski definition) is 2. The summed E-state index contributed by atoms with van der Waals surface area (Å²) >= 11 is 0. The Kier molecular flexibility index (Phi) is 3.78. The van der Waals surface area contributed by atoms with Crippen LogP contribution >= 0.6 is 0 Å². The van der Waals surface area contributed by atoms with Crippen molar-refractivity contribution >= 4 is 17.7 Å².